The second-order valence-corrected chi connectivity index (χ2v) is 8.59. The summed E-state index contributed by atoms with van der Waals surface area (Å²) in [5.41, 5.74) is 11.2. The number of benzene rings is 2. The Morgan fingerprint density at radius 1 is 0.811 bits per heavy atom. The molecular formula is C26H38N6O3S2. The maximum Gasteiger partial charge on any atom is 0.187 e. The van der Waals surface area contributed by atoms with E-state index in [0.29, 0.717) is 56.2 Å². The fraction of sp³-hybridized carbons (Fsp3) is 0.423. The van der Waals surface area contributed by atoms with Crippen LogP contribution >= 0.6 is 24.4 Å². The standard InChI is InChI=1S/C26H38N6O3S2/c1-4-33-16-15-22(30-32-26(37)28-18-21-9-13-24(14-10-21)35-6-3)19-29-31-25(36)27-17-20-7-11-23(12-8-20)34-5-2/h7-14,19,22,30H,4-6,15-18H2,1-3H3,(H2,27,31,36)(H2,28,32,37). The Morgan fingerprint density at radius 2 is 1.35 bits per heavy atom. The zero-order chi connectivity index (χ0) is 26.7. The van der Waals surface area contributed by atoms with Crippen molar-refractivity contribution in [1.82, 2.24) is 26.9 Å². The summed E-state index contributed by atoms with van der Waals surface area (Å²) >= 11 is 10.7. The molecule has 0 radical (unpaired) electrons. The topological polar surface area (TPSA) is 100 Å². The molecular weight excluding hydrogens is 508 g/mol. The molecule has 0 bridgehead atoms. The Bertz CT molecular complexity index is 958. The summed E-state index contributed by atoms with van der Waals surface area (Å²) in [7, 11) is 0. The maximum absolute atomic E-state index is 5.49. The van der Waals surface area contributed by atoms with E-state index in [-0.39, 0.29) is 6.04 Å². The van der Waals surface area contributed by atoms with Crippen LogP contribution in [0.1, 0.15) is 38.3 Å². The Hall–Kier alpha value is -2.99. The molecule has 37 heavy (non-hydrogen) atoms. The summed E-state index contributed by atoms with van der Waals surface area (Å²) in [6.07, 6.45) is 2.42. The maximum atomic E-state index is 5.49. The molecule has 202 valence electrons. The third kappa shape index (κ3) is 13.2. The van der Waals surface area contributed by atoms with E-state index in [1.807, 2.05) is 69.3 Å². The SMILES string of the molecule is CCOCCC(C=NNC(=S)NCc1ccc(OCC)cc1)NNC(=S)NCc1ccc(OCC)cc1. The van der Waals surface area contributed by atoms with Crippen molar-refractivity contribution in [3.05, 3.63) is 59.7 Å². The van der Waals surface area contributed by atoms with Gasteiger partial charge in [0.2, 0.25) is 0 Å². The van der Waals surface area contributed by atoms with E-state index < -0.39 is 0 Å². The van der Waals surface area contributed by atoms with Crippen LogP contribution in [0.3, 0.4) is 0 Å². The van der Waals surface area contributed by atoms with Crippen LogP contribution in [0.5, 0.6) is 11.5 Å². The summed E-state index contributed by atoms with van der Waals surface area (Å²) in [5, 5.41) is 11.5. The molecule has 1 atom stereocenters. The van der Waals surface area contributed by atoms with E-state index >= 15 is 0 Å². The molecule has 0 fully saturated rings. The fourth-order valence-corrected chi connectivity index (χ4v) is 3.33. The first-order valence-corrected chi connectivity index (χ1v) is 13.2. The van der Waals surface area contributed by atoms with Gasteiger partial charge in [0.05, 0.1) is 19.3 Å². The molecule has 0 aliphatic heterocycles. The molecule has 0 amide bonds. The quantitative estimate of drug-likeness (QED) is 0.0932. The number of nitrogens with one attached hydrogen (secondary N) is 5. The van der Waals surface area contributed by atoms with Crippen LogP contribution in [-0.4, -0.2) is 48.9 Å². The van der Waals surface area contributed by atoms with Gasteiger partial charge >= 0.3 is 0 Å². The zero-order valence-corrected chi connectivity index (χ0v) is 23.3. The summed E-state index contributed by atoms with van der Waals surface area (Å²) in [5.74, 6) is 1.70. The first-order valence-electron chi connectivity index (χ1n) is 12.4. The molecule has 5 N–H and O–H groups in total. The molecule has 0 saturated carbocycles. The van der Waals surface area contributed by atoms with E-state index in [1.54, 1.807) is 6.21 Å². The summed E-state index contributed by atoms with van der Waals surface area (Å²) in [6, 6.07) is 15.6. The van der Waals surface area contributed by atoms with Crippen LogP contribution in [0, 0.1) is 0 Å². The molecule has 2 aromatic rings. The van der Waals surface area contributed by atoms with Crippen molar-refractivity contribution < 1.29 is 14.2 Å². The predicted molar refractivity (Wildman–Crippen MR) is 157 cm³/mol. The third-order valence-corrected chi connectivity index (χ3v) is 5.43. The van der Waals surface area contributed by atoms with Crippen molar-refractivity contribution in [1.29, 1.82) is 0 Å². The van der Waals surface area contributed by atoms with Gasteiger partial charge in [0.1, 0.15) is 11.5 Å². The van der Waals surface area contributed by atoms with Gasteiger partial charge in [-0.3, -0.25) is 10.9 Å². The second kappa shape index (κ2) is 18.3. The van der Waals surface area contributed by atoms with Crippen LogP contribution in [0.4, 0.5) is 0 Å². The minimum Gasteiger partial charge on any atom is -0.494 e. The van der Waals surface area contributed by atoms with Crippen LogP contribution < -0.4 is 36.4 Å². The molecule has 0 aliphatic carbocycles. The van der Waals surface area contributed by atoms with Crippen molar-refractivity contribution in [3.8, 4) is 11.5 Å². The summed E-state index contributed by atoms with van der Waals surface area (Å²) < 4.78 is 16.4. The smallest absolute Gasteiger partial charge is 0.187 e. The lowest BCUT2D eigenvalue weighted by Crippen LogP contribution is -2.49. The lowest BCUT2D eigenvalue weighted by Gasteiger charge is -2.17. The van der Waals surface area contributed by atoms with Gasteiger partial charge < -0.3 is 24.8 Å². The molecule has 2 rings (SSSR count). The van der Waals surface area contributed by atoms with Crippen molar-refractivity contribution >= 4 is 40.9 Å². The van der Waals surface area contributed by atoms with Gasteiger partial charge in [0.25, 0.3) is 0 Å². The van der Waals surface area contributed by atoms with Gasteiger partial charge in [-0.15, -0.1) is 0 Å². The number of rotatable bonds is 16. The number of hydrogen-bond donors (Lipinski definition) is 5. The van der Waals surface area contributed by atoms with Crippen molar-refractivity contribution in [3.63, 3.8) is 0 Å². The molecule has 0 spiro atoms. The van der Waals surface area contributed by atoms with E-state index in [0.717, 1.165) is 22.6 Å². The largest absolute Gasteiger partial charge is 0.494 e. The molecule has 0 saturated heterocycles. The van der Waals surface area contributed by atoms with Crippen LogP contribution in [0.25, 0.3) is 0 Å². The molecule has 0 aromatic heterocycles. The second-order valence-electron chi connectivity index (χ2n) is 7.77. The van der Waals surface area contributed by atoms with Crippen molar-refractivity contribution in [2.75, 3.05) is 26.4 Å². The van der Waals surface area contributed by atoms with Crippen molar-refractivity contribution in [2.24, 2.45) is 5.10 Å². The van der Waals surface area contributed by atoms with Crippen LogP contribution in [0.15, 0.2) is 53.6 Å². The van der Waals surface area contributed by atoms with Gasteiger partial charge in [-0.2, -0.15) is 5.10 Å². The molecule has 0 heterocycles. The van der Waals surface area contributed by atoms with Gasteiger partial charge in [-0.1, -0.05) is 24.3 Å². The number of thiocarbonyl (C=S) groups is 2. The lowest BCUT2D eigenvalue weighted by atomic mass is 10.2. The highest BCUT2D eigenvalue weighted by atomic mass is 32.1. The van der Waals surface area contributed by atoms with Gasteiger partial charge in [-0.25, -0.2) is 5.43 Å². The highest BCUT2D eigenvalue weighted by Crippen LogP contribution is 2.12. The Balaban J connectivity index is 1.74. The molecule has 1 unspecified atom stereocenters. The average molecular weight is 547 g/mol. The van der Waals surface area contributed by atoms with Gasteiger partial charge in [0, 0.05) is 32.5 Å². The third-order valence-electron chi connectivity index (χ3n) is 4.94. The van der Waals surface area contributed by atoms with E-state index in [4.69, 9.17) is 38.6 Å². The minimum atomic E-state index is -0.141. The number of nitrogens with zero attached hydrogens (tertiary/aromatic N) is 1. The first kappa shape index (κ1) is 30.2. The molecule has 2 aromatic carbocycles. The number of hydrogen-bond acceptors (Lipinski definition) is 7. The summed E-state index contributed by atoms with van der Waals surface area (Å²) in [6.45, 7) is 9.58. The Kier molecular flexibility index (Phi) is 14.9. The molecule has 9 nitrogen and oxygen atoms in total. The normalized spacial score (nSPS) is 11.5. The first-order chi connectivity index (χ1) is 18.0. The minimum absolute atomic E-state index is 0.141. The number of ether oxygens (including phenoxy) is 3. The van der Waals surface area contributed by atoms with E-state index in [2.05, 4.69) is 32.0 Å². The van der Waals surface area contributed by atoms with Crippen molar-refractivity contribution in [2.45, 2.75) is 46.3 Å². The highest BCUT2D eigenvalue weighted by molar-refractivity contribution is 7.80. The van der Waals surface area contributed by atoms with Crippen LogP contribution in [-0.2, 0) is 17.8 Å². The lowest BCUT2D eigenvalue weighted by molar-refractivity contribution is 0.141. The number of hydrazine groups is 1. The Morgan fingerprint density at radius 3 is 1.86 bits per heavy atom. The van der Waals surface area contributed by atoms with E-state index in [9.17, 15) is 0 Å². The monoisotopic (exact) mass is 546 g/mol. The van der Waals surface area contributed by atoms with Crippen LogP contribution in [0.2, 0.25) is 0 Å². The molecule has 11 heteroatoms. The van der Waals surface area contributed by atoms with Gasteiger partial charge in [-0.05, 0) is 87.0 Å². The average Bonchev–Trinajstić information content (AvgIpc) is 2.91. The summed E-state index contributed by atoms with van der Waals surface area (Å²) in [4.78, 5) is 0. The van der Waals surface area contributed by atoms with Gasteiger partial charge in [0.15, 0.2) is 10.2 Å². The highest BCUT2D eigenvalue weighted by Gasteiger charge is 2.07. The predicted octanol–water partition coefficient (Wildman–Crippen LogP) is 3.40. The van der Waals surface area contributed by atoms with E-state index in [1.165, 1.54) is 0 Å². The number of hydrazone groups is 1. The fourth-order valence-electron chi connectivity index (χ4n) is 3.07. The Labute approximate surface area is 230 Å². The zero-order valence-electron chi connectivity index (χ0n) is 21.7. The molecule has 0 aliphatic rings.